The van der Waals surface area contributed by atoms with Gasteiger partial charge in [0.05, 0.1) is 19.2 Å². The van der Waals surface area contributed by atoms with Crippen molar-refractivity contribution in [3.63, 3.8) is 0 Å². The first-order chi connectivity index (χ1) is 9.97. The summed E-state index contributed by atoms with van der Waals surface area (Å²) >= 11 is 6.18. The fraction of sp³-hybridized carbons (Fsp3) is 0.250. The lowest BCUT2D eigenvalue weighted by atomic mass is 9.97. The Labute approximate surface area is 127 Å². The maximum absolute atomic E-state index is 13.4. The Bertz CT molecular complexity index is 658. The van der Waals surface area contributed by atoms with Gasteiger partial charge >= 0.3 is 0 Å². The van der Waals surface area contributed by atoms with Crippen LogP contribution in [0.25, 0.3) is 0 Å². The fourth-order valence-corrected chi connectivity index (χ4v) is 2.41. The molecular formula is C16H16ClFO3. The molecule has 3 nitrogen and oxygen atoms in total. The first-order valence-electron chi connectivity index (χ1n) is 6.33. The molecule has 21 heavy (non-hydrogen) atoms. The molecule has 0 spiro atoms. The number of benzene rings is 2. The van der Waals surface area contributed by atoms with E-state index >= 15 is 0 Å². The summed E-state index contributed by atoms with van der Waals surface area (Å²) < 4.78 is 23.8. The first kappa shape index (κ1) is 15.6. The Morgan fingerprint density at radius 2 is 1.67 bits per heavy atom. The van der Waals surface area contributed by atoms with Crippen LogP contribution in [0.4, 0.5) is 4.39 Å². The molecule has 0 radical (unpaired) electrons. The minimum atomic E-state index is -1.05. The lowest BCUT2D eigenvalue weighted by Crippen LogP contribution is -2.04. The molecule has 0 saturated heterocycles. The Morgan fingerprint density at radius 1 is 1.05 bits per heavy atom. The van der Waals surface area contributed by atoms with E-state index in [1.54, 1.807) is 25.1 Å². The van der Waals surface area contributed by atoms with E-state index in [2.05, 4.69) is 0 Å². The summed E-state index contributed by atoms with van der Waals surface area (Å²) in [6, 6.07) is 7.42. The monoisotopic (exact) mass is 310 g/mol. The Morgan fingerprint density at radius 3 is 2.29 bits per heavy atom. The summed E-state index contributed by atoms with van der Waals surface area (Å²) in [7, 11) is 3.00. The second-order valence-corrected chi connectivity index (χ2v) is 5.04. The minimum absolute atomic E-state index is 0.323. The van der Waals surface area contributed by atoms with Gasteiger partial charge in [0.2, 0.25) is 0 Å². The van der Waals surface area contributed by atoms with E-state index in [1.807, 2.05) is 0 Å². The van der Waals surface area contributed by atoms with Gasteiger partial charge in [0, 0.05) is 11.6 Å². The number of aliphatic hydroxyl groups excluding tert-OH is 1. The van der Waals surface area contributed by atoms with E-state index in [9.17, 15) is 9.50 Å². The Balaban J connectivity index is 2.52. The van der Waals surface area contributed by atoms with Gasteiger partial charge in [0.15, 0.2) is 11.5 Å². The summed E-state index contributed by atoms with van der Waals surface area (Å²) in [5, 5.41) is 10.8. The number of hydrogen-bond donors (Lipinski definition) is 1. The van der Waals surface area contributed by atoms with Crippen LogP contribution in [-0.4, -0.2) is 19.3 Å². The van der Waals surface area contributed by atoms with E-state index in [0.717, 1.165) is 5.56 Å². The average molecular weight is 311 g/mol. The molecule has 0 saturated carbocycles. The van der Waals surface area contributed by atoms with Crippen molar-refractivity contribution in [2.75, 3.05) is 14.2 Å². The van der Waals surface area contributed by atoms with Crippen LogP contribution in [0.3, 0.4) is 0 Å². The van der Waals surface area contributed by atoms with Crippen molar-refractivity contribution in [3.05, 3.63) is 57.9 Å². The molecule has 0 aliphatic carbocycles. The number of rotatable bonds is 4. The van der Waals surface area contributed by atoms with E-state index in [1.165, 1.54) is 26.4 Å². The van der Waals surface area contributed by atoms with E-state index in [0.29, 0.717) is 27.6 Å². The van der Waals surface area contributed by atoms with Gasteiger partial charge in [-0.25, -0.2) is 4.39 Å². The van der Waals surface area contributed by atoms with Gasteiger partial charge in [0.1, 0.15) is 11.9 Å². The number of halogens is 2. The van der Waals surface area contributed by atoms with E-state index in [-0.39, 0.29) is 0 Å². The van der Waals surface area contributed by atoms with Crippen molar-refractivity contribution in [1.29, 1.82) is 0 Å². The summed E-state index contributed by atoms with van der Waals surface area (Å²) in [6.07, 6.45) is -1.05. The second kappa shape index (κ2) is 6.33. The molecule has 0 heterocycles. The number of methoxy groups -OCH3 is 2. The first-order valence-corrected chi connectivity index (χ1v) is 6.71. The zero-order valence-electron chi connectivity index (χ0n) is 12.0. The third-order valence-corrected chi connectivity index (χ3v) is 3.66. The predicted molar refractivity (Wildman–Crippen MR) is 79.8 cm³/mol. The number of hydrogen-bond acceptors (Lipinski definition) is 3. The highest BCUT2D eigenvalue weighted by Gasteiger charge is 2.20. The topological polar surface area (TPSA) is 38.7 Å². The summed E-state index contributed by atoms with van der Waals surface area (Å²) in [4.78, 5) is 0. The molecule has 0 aromatic heterocycles. The summed E-state index contributed by atoms with van der Waals surface area (Å²) in [5.74, 6) is 0.505. The maximum Gasteiger partial charge on any atom is 0.162 e. The van der Waals surface area contributed by atoms with Crippen LogP contribution in [0.1, 0.15) is 22.8 Å². The molecule has 0 amide bonds. The standard InChI is InChI=1S/C16H16ClFO3/c1-9-4-5-10(18)6-11(9)16(19)12-7-14(20-2)15(21-3)8-13(12)17/h4-8,16,19H,1-3H3. The number of ether oxygens (including phenoxy) is 2. The van der Waals surface area contributed by atoms with Gasteiger partial charge in [-0.2, -0.15) is 0 Å². The highest BCUT2D eigenvalue weighted by molar-refractivity contribution is 6.31. The molecule has 0 bridgehead atoms. The molecule has 1 atom stereocenters. The third kappa shape index (κ3) is 3.12. The molecule has 1 N–H and O–H groups in total. The SMILES string of the molecule is COc1cc(Cl)c(C(O)c2cc(F)ccc2C)cc1OC. The molecule has 1 unspecified atom stereocenters. The van der Waals surface area contributed by atoms with Gasteiger partial charge in [-0.15, -0.1) is 0 Å². The van der Waals surface area contributed by atoms with Crippen LogP contribution in [0.15, 0.2) is 30.3 Å². The highest BCUT2D eigenvalue weighted by Crippen LogP contribution is 2.38. The maximum atomic E-state index is 13.4. The van der Waals surface area contributed by atoms with Crippen molar-refractivity contribution >= 4 is 11.6 Å². The van der Waals surface area contributed by atoms with Crippen LogP contribution < -0.4 is 9.47 Å². The smallest absolute Gasteiger partial charge is 0.162 e. The fourth-order valence-electron chi connectivity index (χ4n) is 2.15. The quantitative estimate of drug-likeness (QED) is 0.931. The van der Waals surface area contributed by atoms with Gasteiger partial charge < -0.3 is 14.6 Å². The van der Waals surface area contributed by atoms with Gasteiger partial charge in [-0.05, 0) is 36.2 Å². The molecule has 5 heteroatoms. The Kier molecular flexibility index (Phi) is 4.70. The summed E-state index contributed by atoms with van der Waals surface area (Å²) in [5.41, 5.74) is 1.67. The van der Waals surface area contributed by atoms with Crippen molar-refractivity contribution in [3.8, 4) is 11.5 Å². The highest BCUT2D eigenvalue weighted by atomic mass is 35.5. The molecule has 2 aromatic carbocycles. The zero-order valence-corrected chi connectivity index (χ0v) is 12.7. The van der Waals surface area contributed by atoms with E-state index < -0.39 is 11.9 Å². The van der Waals surface area contributed by atoms with Crippen molar-refractivity contribution in [2.45, 2.75) is 13.0 Å². The average Bonchev–Trinajstić information content (AvgIpc) is 2.48. The van der Waals surface area contributed by atoms with Crippen LogP contribution in [-0.2, 0) is 0 Å². The predicted octanol–water partition coefficient (Wildman–Crippen LogP) is 3.89. The molecular weight excluding hydrogens is 295 g/mol. The zero-order chi connectivity index (χ0) is 15.6. The van der Waals surface area contributed by atoms with Crippen LogP contribution >= 0.6 is 11.6 Å². The molecule has 0 aliphatic rings. The summed E-state index contributed by atoms with van der Waals surface area (Å²) in [6.45, 7) is 1.80. The van der Waals surface area contributed by atoms with Gasteiger partial charge in [-0.3, -0.25) is 0 Å². The number of aryl methyl sites for hydroxylation is 1. The lowest BCUT2D eigenvalue weighted by Gasteiger charge is -2.18. The van der Waals surface area contributed by atoms with Crippen molar-refractivity contribution in [2.24, 2.45) is 0 Å². The van der Waals surface area contributed by atoms with Crippen LogP contribution in [0, 0.1) is 12.7 Å². The molecule has 112 valence electrons. The van der Waals surface area contributed by atoms with Gasteiger partial charge in [-0.1, -0.05) is 17.7 Å². The molecule has 0 fully saturated rings. The molecule has 2 aromatic rings. The third-order valence-electron chi connectivity index (χ3n) is 3.33. The van der Waals surface area contributed by atoms with E-state index in [4.69, 9.17) is 21.1 Å². The van der Waals surface area contributed by atoms with Crippen LogP contribution in [0.2, 0.25) is 5.02 Å². The van der Waals surface area contributed by atoms with Gasteiger partial charge in [0.25, 0.3) is 0 Å². The molecule has 0 aliphatic heterocycles. The molecule has 2 rings (SSSR count). The number of aliphatic hydroxyl groups is 1. The Hall–Kier alpha value is -1.78. The second-order valence-electron chi connectivity index (χ2n) is 4.63. The lowest BCUT2D eigenvalue weighted by molar-refractivity contribution is 0.218. The largest absolute Gasteiger partial charge is 0.493 e. The normalized spacial score (nSPS) is 12.1. The minimum Gasteiger partial charge on any atom is -0.493 e. The van der Waals surface area contributed by atoms with Crippen LogP contribution in [0.5, 0.6) is 11.5 Å². The van der Waals surface area contributed by atoms with Crippen molar-refractivity contribution < 1.29 is 19.0 Å². The van der Waals surface area contributed by atoms with Crippen molar-refractivity contribution in [1.82, 2.24) is 0 Å².